The van der Waals surface area contributed by atoms with E-state index in [0.29, 0.717) is 0 Å². The predicted octanol–water partition coefficient (Wildman–Crippen LogP) is 0.864. The van der Waals surface area contributed by atoms with Crippen LogP contribution in [0.4, 0.5) is 4.39 Å². The Morgan fingerprint density at radius 1 is 1.64 bits per heavy atom. The molecule has 0 radical (unpaired) electrons. The van der Waals surface area contributed by atoms with Gasteiger partial charge in [0.05, 0.1) is 18.1 Å². The molecule has 0 bridgehead atoms. The molecule has 0 aliphatic heterocycles. The van der Waals surface area contributed by atoms with Crippen LogP contribution in [0.15, 0.2) is 18.3 Å². The normalized spacial score (nSPS) is 9.14. The smallest absolute Gasteiger partial charge is 0.252 e. The molecule has 1 N–H and O–H groups in total. The third-order valence-electron chi connectivity index (χ3n) is 1.51. The lowest BCUT2D eigenvalue weighted by molar-refractivity contribution is 0.0954. The average molecular weight is 193 g/mol. The third-order valence-corrected chi connectivity index (χ3v) is 1.51. The Morgan fingerprint density at radius 2 is 2.43 bits per heavy atom. The van der Waals surface area contributed by atoms with Crippen LogP contribution in [0.1, 0.15) is 16.8 Å². The summed E-state index contributed by atoms with van der Waals surface area (Å²) in [5, 5.41) is 10.7. The van der Waals surface area contributed by atoms with Crippen LogP contribution in [-0.4, -0.2) is 17.4 Å². The fourth-order valence-electron chi connectivity index (χ4n) is 0.844. The summed E-state index contributed by atoms with van der Waals surface area (Å²) < 4.78 is 12.4. The Hall–Kier alpha value is -1.96. The molecule has 14 heavy (non-hydrogen) atoms. The SMILES string of the molecule is N#CCCNC(=O)c1ccc(F)nc1. The number of hydrogen-bond acceptors (Lipinski definition) is 3. The predicted molar refractivity (Wildman–Crippen MR) is 46.8 cm³/mol. The molecule has 0 aliphatic carbocycles. The molecule has 0 spiro atoms. The van der Waals surface area contributed by atoms with Gasteiger partial charge < -0.3 is 5.32 Å². The maximum Gasteiger partial charge on any atom is 0.252 e. The van der Waals surface area contributed by atoms with E-state index in [1.165, 1.54) is 6.07 Å². The molecule has 1 rings (SSSR count). The van der Waals surface area contributed by atoms with Crippen LogP contribution < -0.4 is 5.32 Å². The Labute approximate surface area is 80.4 Å². The largest absolute Gasteiger partial charge is 0.351 e. The van der Waals surface area contributed by atoms with Gasteiger partial charge in [0.2, 0.25) is 5.95 Å². The molecule has 0 saturated heterocycles. The van der Waals surface area contributed by atoms with E-state index in [1.807, 2.05) is 6.07 Å². The number of nitrogens with one attached hydrogen (secondary N) is 1. The van der Waals surface area contributed by atoms with Gasteiger partial charge >= 0.3 is 0 Å². The Kier molecular flexibility index (Phi) is 3.56. The second kappa shape index (κ2) is 4.92. The molecule has 4 nitrogen and oxygen atoms in total. The van der Waals surface area contributed by atoms with Gasteiger partial charge in [0.25, 0.3) is 5.91 Å². The summed E-state index contributed by atoms with van der Waals surface area (Å²) in [6.45, 7) is 0.284. The zero-order chi connectivity index (χ0) is 10.4. The van der Waals surface area contributed by atoms with Gasteiger partial charge in [-0.15, -0.1) is 0 Å². The van der Waals surface area contributed by atoms with Gasteiger partial charge in [0.15, 0.2) is 0 Å². The number of halogens is 1. The van der Waals surface area contributed by atoms with Crippen LogP contribution in [0.2, 0.25) is 0 Å². The Bertz CT molecular complexity index is 355. The van der Waals surface area contributed by atoms with Gasteiger partial charge in [-0.1, -0.05) is 0 Å². The third kappa shape index (κ3) is 2.83. The van der Waals surface area contributed by atoms with Gasteiger partial charge in [0, 0.05) is 12.7 Å². The first kappa shape index (κ1) is 10.1. The van der Waals surface area contributed by atoms with Crippen molar-refractivity contribution in [3.63, 3.8) is 0 Å². The number of nitrogens with zero attached hydrogens (tertiary/aromatic N) is 2. The highest BCUT2D eigenvalue weighted by atomic mass is 19.1. The number of rotatable bonds is 3. The molecule has 1 aromatic heterocycles. The fraction of sp³-hybridized carbons (Fsp3) is 0.222. The van der Waals surface area contributed by atoms with E-state index in [1.54, 1.807) is 0 Å². The molecule has 1 heterocycles. The molecule has 0 aliphatic rings. The molecule has 1 aromatic rings. The molecular formula is C9H8FN3O. The van der Waals surface area contributed by atoms with Crippen molar-refractivity contribution in [3.8, 4) is 6.07 Å². The molecule has 1 amide bonds. The van der Waals surface area contributed by atoms with Crippen molar-refractivity contribution < 1.29 is 9.18 Å². The number of pyridine rings is 1. The van der Waals surface area contributed by atoms with Crippen molar-refractivity contribution in [1.82, 2.24) is 10.3 Å². The summed E-state index contributed by atoms with van der Waals surface area (Å²) in [6, 6.07) is 4.34. The lowest BCUT2D eigenvalue weighted by Gasteiger charge is -2.01. The second-order valence-electron chi connectivity index (χ2n) is 2.53. The number of hydrogen-bond donors (Lipinski definition) is 1. The van der Waals surface area contributed by atoms with Crippen molar-refractivity contribution in [2.24, 2.45) is 0 Å². The average Bonchev–Trinajstić information content (AvgIpc) is 2.19. The first-order valence-corrected chi connectivity index (χ1v) is 4.00. The van der Waals surface area contributed by atoms with Gasteiger partial charge in [-0.25, -0.2) is 4.98 Å². The number of amides is 1. The van der Waals surface area contributed by atoms with Crippen molar-refractivity contribution >= 4 is 5.91 Å². The summed E-state index contributed by atoms with van der Waals surface area (Å²) in [4.78, 5) is 14.6. The summed E-state index contributed by atoms with van der Waals surface area (Å²) in [7, 11) is 0. The van der Waals surface area contributed by atoms with E-state index in [2.05, 4.69) is 10.3 Å². The molecule has 0 fully saturated rings. The highest BCUT2D eigenvalue weighted by molar-refractivity contribution is 5.93. The van der Waals surface area contributed by atoms with E-state index in [9.17, 15) is 9.18 Å². The van der Waals surface area contributed by atoms with E-state index >= 15 is 0 Å². The van der Waals surface area contributed by atoms with Crippen LogP contribution in [0.3, 0.4) is 0 Å². The highest BCUT2D eigenvalue weighted by Crippen LogP contribution is 1.98. The maximum absolute atomic E-state index is 12.4. The van der Waals surface area contributed by atoms with E-state index in [-0.39, 0.29) is 24.4 Å². The zero-order valence-electron chi connectivity index (χ0n) is 7.33. The molecule has 0 unspecified atom stereocenters. The van der Waals surface area contributed by atoms with Crippen molar-refractivity contribution in [2.45, 2.75) is 6.42 Å². The molecule has 72 valence electrons. The topological polar surface area (TPSA) is 65.8 Å². The van der Waals surface area contributed by atoms with E-state index < -0.39 is 5.95 Å². The maximum atomic E-state index is 12.4. The molecule has 0 aromatic carbocycles. The standard InChI is InChI=1S/C9H8FN3O/c10-8-3-2-7(6-13-8)9(14)12-5-1-4-11/h2-3,6H,1,5H2,(H,12,14). The van der Waals surface area contributed by atoms with Crippen molar-refractivity contribution in [1.29, 1.82) is 5.26 Å². The van der Waals surface area contributed by atoms with Crippen molar-refractivity contribution in [2.75, 3.05) is 6.54 Å². The molecule has 0 saturated carbocycles. The summed E-state index contributed by atoms with van der Waals surface area (Å²) in [6.07, 6.45) is 1.40. The number of carbonyl (C=O) groups is 1. The first-order chi connectivity index (χ1) is 6.74. The van der Waals surface area contributed by atoms with Crippen LogP contribution in [0.25, 0.3) is 0 Å². The van der Waals surface area contributed by atoms with Crippen LogP contribution in [0.5, 0.6) is 0 Å². The summed E-state index contributed by atoms with van der Waals surface area (Å²) in [5.41, 5.74) is 0.282. The zero-order valence-corrected chi connectivity index (χ0v) is 7.33. The summed E-state index contributed by atoms with van der Waals surface area (Å²) >= 11 is 0. The van der Waals surface area contributed by atoms with Gasteiger partial charge in [0.1, 0.15) is 0 Å². The summed E-state index contributed by atoms with van der Waals surface area (Å²) in [5.74, 6) is -0.980. The quantitative estimate of drug-likeness (QED) is 0.572. The lowest BCUT2D eigenvalue weighted by Crippen LogP contribution is -2.24. The number of aromatic nitrogens is 1. The fourth-order valence-corrected chi connectivity index (χ4v) is 0.844. The van der Waals surface area contributed by atoms with E-state index in [0.717, 1.165) is 12.3 Å². The Balaban J connectivity index is 2.53. The number of nitriles is 1. The highest BCUT2D eigenvalue weighted by Gasteiger charge is 2.04. The number of carbonyl (C=O) groups excluding carboxylic acids is 1. The second-order valence-corrected chi connectivity index (χ2v) is 2.53. The van der Waals surface area contributed by atoms with Gasteiger partial charge in [-0.3, -0.25) is 4.79 Å². The first-order valence-electron chi connectivity index (χ1n) is 4.00. The van der Waals surface area contributed by atoms with Gasteiger partial charge in [-0.05, 0) is 12.1 Å². The minimum atomic E-state index is -0.626. The lowest BCUT2D eigenvalue weighted by atomic mass is 10.2. The monoisotopic (exact) mass is 193 g/mol. The molecule has 5 heteroatoms. The van der Waals surface area contributed by atoms with Crippen LogP contribution in [-0.2, 0) is 0 Å². The van der Waals surface area contributed by atoms with Crippen molar-refractivity contribution in [3.05, 3.63) is 29.8 Å². The minimum Gasteiger partial charge on any atom is -0.351 e. The molecular weight excluding hydrogens is 185 g/mol. The van der Waals surface area contributed by atoms with Gasteiger partial charge in [-0.2, -0.15) is 9.65 Å². The van der Waals surface area contributed by atoms with Crippen LogP contribution in [0, 0.1) is 17.3 Å². The Morgan fingerprint density at radius 3 is 3.00 bits per heavy atom. The molecule has 0 atom stereocenters. The van der Waals surface area contributed by atoms with Crippen LogP contribution >= 0.6 is 0 Å². The van der Waals surface area contributed by atoms with E-state index in [4.69, 9.17) is 5.26 Å². The minimum absolute atomic E-state index is 0.250.